The zero-order chi connectivity index (χ0) is 14.7. The van der Waals surface area contributed by atoms with Crippen molar-refractivity contribution in [3.63, 3.8) is 0 Å². The summed E-state index contributed by atoms with van der Waals surface area (Å²) in [5.74, 6) is -1.98. The van der Waals surface area contributed by atoms with Crippen molar-refractivity contribution < 1.29 is 14.7 Å². The van der Waals surface area contributed by atoms with Gasteiger partial charge in [-0.25, -0.2) is 0 Å². The van der Waals surface area contributed by atoms with E-state index in [1.54, 1.807) is 0 Å². The van der Waals surface area contributed by atoms with Crippen LogP contribution in [0, 0.1) is 25.7 Å². The van der Waals surface area contributed by atoms with Crippen LogP contribution in [0.2, 0.25) is 0 Å². The number of hydrogen-bond donors (Lipinski definition) is 2. The minimum absolute atomic E-state index is 0.165. The third-order valence-electron chi connectivity index (χ3n) is 3.91. The smallest absolute Gasteiger partial charge is 0.307 e. The minimum Gasteiger partial charge on any atom is -0.481 e. The topological polar surface area (TPSA) is 66.4 Å². The summed E-state index contributed by atoms with van der Waals surface area (Å²) in [6.07, 6.45) is 3.08. The SMILES string of the molecule is Cc1cc(C)cc(NC(=O)C2CCCCC2C(=O)O)c1. The molecule has 0 aliphatic heterocycles. The second-order valence-electron chi connectivity index (χ2n) is 5.70. The summed E-state index contributed by atoms with van der Waals surface area (Å²) in [5.41, 5.74) is 2.92. The van der Waals surface area contributed by atoms with E-state index in [1.165, 1.54) is 0 Å². The van der Waals surface area contributed by atoms with Crippen LogP contribution in [-0.2, 0) is 9.59 Å². The van der Waals surface area contributed by atoms with Crippen LogP contribution in [-0.4, -0.2) is 17.0 Å². The number of aliphatic carboxylic acids is 1. The summed E-state index contributed by atoms with van der Waals surface area (Å²) in [4.78, 5) is 23.6. The Labute approximate surface area is 119 Å². The molecule has 2 unspecified atom stereocenters. The largest absolute Gasteiger partial charge is 0.481 e. The fourth-order valence-electron chi connectivity index (χ4n) is 3.02. The predicted molar refractivity (Wildman–Crippen MR) is 77.6 cm³/mol. The monoisotopic (exact) mass is 275 g/mol. The predicted octanol–water partition coefficient (Wildman–Crippen LogP) is 3.13. The van der Waals surface area contributed by atoms with E-state index in [0.29, 0.717) is 12.8 Å². The van der Waals surface area contributed by atoms with E-state index >= 15 is 0 Å². The summed E-state index contributed by atoms with van der Waals surface area (Å²) in [6.45, 7) is 3.95. The average Bonchev–Trinajstić information content (AvgIpc) is 2.37. The number of aryl methyl sites for hydroxylation is 2. The molecule has 1 fully saturated rings. The molecule has 4 heteroatoms. The molecule has 1 amide bonds. The van der Waals surface area contributed by atoms with Gasteiger partial charge in [-0.1, -0.05) is 18.9 Å². The highest BCUT2D eigenvalue weighted by atomic mass is 16.4. The molecule has 1 saturated carbocycles. The van der Waals surface area contributed by atoms with Gasteiger partial charge in [-0.15, -0.1) is 0 Å². The van der Waals surface area contributed by atoms with Crippen LogP contribution < -0.4 is 5.32 Å². The highest BCUT2D eigenvalue weighted by Crippen LogP contribution is 2.31. The van der Waals surface area contributed by atoms with E-state index in [0.717, 1.165) is 29.7 Å². The molecule has 0 aromatic heterocycles. The molecular weight excluding hydrogens is 254 g/mol. The van der Waals surface area contributed by atoms with Crippen LogP contribution in [0.4, 0.5) is 5.69 Å². The maximum absolute atomic E-state index is 12.3. The van der Waals surface area contributed by atoms with Crippen LogP contribution in [0.15, 0.2) is 18.2 Å². The molecule has 0 radical (unpaired) electrons. The first kappa shape index (κ1) is 14.6. The molecule has 1 aromatic rings. The van der Waals surface area contributed by atoms with Gasteiger partial charge in [0.05, 0.1) is 11.8 Å². The standard InChI is InChI=1S/C16H21NO3/c1-10-7-11(2)9-12(8-10)17-15(18)13-5-3-4-6-14(13)16(19)20/h7-9,13-14H,3-6H2,1-2H3,(H,17,18)(H,19,20). The zero-order valence-corrected chi connectivity index (χ0v) is 12.0. The van der Waals surface area contributed by atoms with Gasteiger partial charge in [0.1, 0.15) is 0 Å². The molecule has 2 rings (SSSR count). The lowest BCUT2D eigenvalue weighted by Gasteiger charge is -2.27. The lowest BCUT2D eigenvalue weighted by atomic mass is 9.78. The van der Waals surface area contributed by atoms with Crippen LogP contribution in [0.5, 0.6) is 0 Å². The average molecular weight is 275 g/mol. The van der Waals surface area contributed by atoms with Crippen molar-refractivity contribution in [3.8, 4) is 0 Å². The lowest BCUT2D eigenvalue weighted by molar-refractivity contribution is -0.147. The number of carboxylic acids is 1. The minimum atomic E-state index is -0.856. The van der Waals surface area contributed by atoms with Gasteiger partial charge in [-0.3, -0.25) is 9.59 Å². The van der Waals surface area contributed by atoms with Gasteiger partial charge >= 0.3 is 5.97 Å². The van der Waals surface area contributed by atoms with Gasteiger partial charge in [0.2, 0.25) is 5.91 Å². The zero-order valence-electron chi connectivity index (χ0n) is 12.0. The number of benzene rings is 1. The third kappa shape index (κ3) is 3.38. The number of nitrogens with one attached hydrogen (secondary N) is 1. The van der Waals surface area contributed by atoms with Crippen molar-refractivity contribution in [3.05, 3.63) is 29.3 Å². The molecule has 0 spiro atoms. The molecule has 1 aliphatic carbocycles. The molecule has 0 bridgehead atoms. The summed E-state index contributed by atoms with van der Waals surface area (Å²) in [6, 6.07) is 5.85. The van der Waals surface area contributed by atoms with E-state index < -0.39 is 17.8 Å². The normalized spacial score (nSPS) is 22.3. The summed E-state index contributed by atoms with van der Waals surface area (Å²) < 4.78 is 0. The highest BCUT2D eigenvalue weighted by molar-refractivity contribution is 5.95. The number of amides is 1. The van der Waals surface area contributed by atoms with Gasteiger partial charge in [0, 0.05) is 5.69 Å². The number of rotatable bonds is 3. The molecular formula is C16H21NO3. The highest BCUT2D eigenvalue weighted by Gasteiger charge is 2.35. The number of carbonyl (C=O) groups excluding carboxylic acids is 1. The fourth-order valence-corrected chi connectivity index (χ4v) is 3.02. The molecule has 108 valence electrons. The van der Waals surface area contributed by atoms with Crippen LogP contribution in [0.1, 0.15) is 36.8 Å². The fraction of sp³-hybridized carbons (Fsp3) is 0.500. The first-order chi connectivity index (χ1) is 9.47. The van der Waals surface area contributed by atoms with Gasteiger partial charge in [-0.2, -0.15) is 0 Å². The molecule has 1 aromatic carbocycles. The summed E-state index contributed by atoms with van der Waals surface area (Å²) >= 11 is 0. The van der Waals surface area contributed by atoms with E-state index in [4.69, 9.17) is 0 Å². The molecule has 0 saturated heterocycles. The van der Waals surface area contributed by atoms with Crippen molar-refractivity contribution in [2.24, 2.45) is 11.8 Å². The Bertz CT molecular complexity index is 504. The first-order valence-electron chi connectivity index (χ1n) is 7.09. The summed E-state index contributed by atoms with van der Waals surface area (Å²) in [5, 5.41) is 12.1. The first-order valence-corrected chi connectivity index (χ1v) is 7.09. The van der Waals surface area contributed by atoms with Gasteiger partial charge in [0.15, 0.2) is 0 Å². The molecule has 2 N–H and O–H groups in total. The lowest BCUT2D eigenvalue weighted by Crippen LogP contribution is -2.36. The van der Waals surface area contributed by atoms with Crippen molar-refractivity contribution in [1.82, 2.24) is 0 Å². The van der Waals surface area contributed by atoms with Gasteiger partial charge in [0.25, 0.3) is 0 Å². The quantitative estimate of drug-likeness (QED) is 0.890. The van der Waals surface area contributed by atoms with Crippen molar-refractivity contribution >= 4 is 17.6 Å². The molecule has 20 heavy (non-hydrogen) atoms. The maximum Gasteiger partial charge on any atom is 0.307 e. The molecule has 1 aliphatic rings. The second kappa shape index (κ2) is 6.07. The molecule has 0 heterocycles. The van der Waals surface area contributed by atoms with Crippen LogP contribution in [0.3, 0.4) is 0 Å². The number of hydrogen-bond acceptors (Lipinski definition) is 2. The molecule has 4 nitrogen and oxygen atoms in total. The van der Waals surface area contributed by atoms with Gasteiger partial charge < -0.3 is 10.4 Å². The Balaban J connectivity index is 2.11. The van der Waals surface area contributed by atoms with E-state index in [-0.39, 0.29) is 5.91 Å². The van der Waals surface area contributed by atoms with Gasteiger partial charge in [-0.05, 0) is 49.9 Å². The van der Waals surface area contributed by atoms with Crippen molar-refractivity contribution in [1.29, 1.82) is 0 Å². The van der Waals surface area contributed by atoms with E-state index in [9.17, 15) is 14.7 Å². The van der Waals surface area contributed by atoms with Crippen LogP contribution >= 0.6 is 0 Å². The Morgan fingerprint density at radius 2 is 1.60 bits per heavy atom. The Morgan fingerprint density at radius 1 is 1.05 bits per heavy atom. The number of carbonyl (C=O) groups is 2. The van der Waals surface area contributed by atoms with E-state index in [1.807, 2.05) is 32.0 Å². The van der Waals surface area contributed by atoms with Crippen LogP contribution in [0.25, 0.3) is 0 Å². The Morgan fingerprint density at radius 3 is 2.15 bits per heavy atom. The number of carboxylic acid groups (broad SMARTS) is 1. The van der Waals surface area contributed by atoms with Crippen molar-refractivity contribution in [2.45, 2.75) is 39.5 Å². The third-order valence-corrected chi connectivity index (χ3v) is 3.91. The van der Waals surface area contributed by atoms with E-state index in [2.05, 4.69) is 5.32 Å². The maximum atomic E-state index is 12.3. The molecule has 2 atom stereocenters. The second-order valence-corrected chi connectivity index (χ2v) is 5.70. The Hall–Kier alpha value is -1.84. The number of anilines is 1. The Kier molecular flexibility index (Phi) is 4.42. The summed E-state index contributed by atoms with van der Waals surface area (Å²) in [7, 11) is 0. The van der Waals surface area contributed by atoms with Crippen molar-refractivity contribution in [2.75, 3.05) is 5.32 Å².